The summed E-state index contributed by atoms with van der Waals surface area (Å²) in [5.41, 5.74) is 2.14. The molecule has 2 N–H and O–H groups in total. The van der Waals surface area contributed by atoms with Crippen molar-refractivity contribution in [3.63, 3.8) is 0 Å². The van der Waals surface area contributed by atoms with E-state index in [1.165, 1.54) is 13.8 Å². The predicted molar refractivity (Wildman–Crippen MR) is 86.5 cm³/mol. The number of sulfonamides is 1. The summed E-state index contributed by atoms with van der Waals surface area (Å²) in [6.07, 6.45) is 0.769. The minimum Gasteiger partial charge on any atom is -0.478 e. The molecule has 124 valence electrons. The zero-order valence-electron chi connectivity index (χ0n) is 13.4. The van der Waals surface area contributed by atoms with E-state index in [1.807, 2.05) is 19.9 Å². The van der Waals surface area contributed by atoms with Gasteiger partial charge in [0.05, 0.1) is 0 Å². The van der Waals surface area contributed by atoms with Crippen molar-refractivity contribution >= 4 is 21.7 Å². The third-order valence-electron chi connectivity index (χ3n) is 3.67. The van der Waals surface area contributed by atoms with Crippen molar-refractivity contribution in [2.75, 3.05) is 4.72 Å². The van der Waals surface area contributed by atoms with Gasteiger partial charge in [-0.05, 0) is 50.5 Å². The van der Waals surface area contributed by atoms with Gasteiger partial charge in [0.1, 0.15) is 22.0 Å². The molecule has 0 bridgehead atoms. The molecule has 0 spiro atoms. The largest absolute Gasteiger partial charge is 0.478 e. The molecule has 23 heavy (non-hydrogen) atoms. The Morgan fingerprint density at radius 3 is 2.43 bits per heavy atom. The molecule has 0 aliphatic rings. The highest BCUT2D eigenvalue weighted by molar-refractivity contribution is 7.92. The van der Waals surface area contributed by atoms with Crippen molar-refractivity contribution in [2.45, 2.75) is 39.0 Å². The van der Waals surface area contributed by atoms with Gasteiger partial charge in [-0.15, -0.1) is 0 Å². The fourth-order valence-corrected chi connectivity index (χ4v) is 4.02. The number of nitrogens with one attached hydrogen (secondary N) is 1. The third kappa shape index (κ3) is 3.24. The average molecular weight is 337 g/mol. The second kappa shape index (κ2) is 6.08. The Labute approximate surface area is 135 Å². The molecule has 2 aromatic rings. The van der Waals surface area contributed by atoms with Gasteiger partial charge in [-0.3, -0.25) is 4.72 Å². The summed E-state index contributed by atoms with van der Waals surface area (Å²) < 4.78 is 32.9. The van der Waals surface area contributed by atoms with E-state index in [2.05, 4.69) is 4.72 Å². The molecule has 0 unspecified atom stereocenters. The molecule has 6 nitrogen and oxygen atoms in total. The van der Waals surface area contributed by atoms with E-state index < -0.39 is 16.0 Å². The number of aryl methyl sites for hydroxylation is 4. The number of furan rings is 1. The van der Waals surface area contributed by atoms with Crippen molar-refractivity contribution in [2.24, 2.45) is 0 Å². The molecule has 0 radical (unpaired) electrons. The van der Waals surface area contributed by atoms with Gasteiger partial charge in [-0.2, -0.15) is 0 Å². The number of carboxylic acid groups (broad SMARTS) is 1. The van der Waals surface area contributed by atoms with Crippen LogP contribution in [0.5, 0.6) is 0 Å². The van der Waals surface area contributed by atoms with Crippen molar-refractivity contribution in [1.82, 2.24) is 0 Å². The number of carboxylic acids is 1. The Morgan fingerprint density at radius 1 is 1.22 bits per heavy atom. The molecule has 0 fully saturated rings. The smallest absolute Gasteiger partial charge is 0.340 e. The second-order valence-corrected chi connectivity index (χ2v) is 6.94. The molecule has 0 aliphatic heterocycles. The van der Waals surface area contributed by atoms with E-state index in [1.54, 1.807) is 12.1 Å². The van der Waals surface area contributed by atoms with E-state index in [-0.39, 0.29) is 22.0 Å². The van der Waals surface area contributed by atoms with Crippen LogP contribution in [0.2, 0.25) is 0 Å². The number of hydrogen-bond donors (Lipinski definition) is 2. The number of aromatic carboxylic acids is 1. The van der Waals surface area contributed by atoms with Crippen LogP contribution in [0.25, 0.3) is 0 Å². The van der Waals surface area contributed by atoms with Crippen molar-refractivity contribution in [1.29, 1.82) is 0 Å². The van der Waals surface area contributed by atoms with Gasteiger partial charge in [0.2, 0.25) is 0 Å². The van der Waals surface area contributed by atoms with Crippen LogP contribution in [0.4, 0.5) is 5.69 Å². The van der Waals surface area contributed by atoms with E-state index in [0.717, 1.165) is 17.5 Å². The highest BCUT2D eigenvalue weighted by Gasteiger charge is 2.30. The molecule has 0 atom stereocenters. The topological polar surface area (TPSA) is 96.6 Å². The Morgan fingerprint density at radius 2 is 1.87 bits per heavy atom. The summed E-state index contributed by atoms with van der Waals surface area (Å²) in [5.74, 6) is -1.22. The van der Waals surface area contributed by atoms with Gasteiger partial charge in [0.25, 0.3) is 10.0 Å². The van der Waals surface area contributed by atoms with Crippen LogP contribution in [0.15, 0.2) is 27.5 Å². The van der Waals surface area contributed by atoms with Crippen LogP contribution >= 0.6 is 0 Å². The van der Waals surface area contributed by atoms with Crippen LogP contribution in [-0.4, -0.2) is 19.5 Å². The number of benzene rings is 1. The van der Waals surface area contributed by atoms with Crippen LogP contribution in [-0.2, 0) is 16.4 Å². The number of hydrogen-bond acceptors (Lipinski definition) is 4. The van der Waals surface area contributed by atoms with Gasteiger partial charge in [-0.25, -0.2) is 13.2 Å². The second-order valence-electron chi connectivity index (χ2n) is 5.32. The Bertz CT molecular complexity index is 865. The summed E-state index contributed by atoms with van der Waals surface area (Å²) in [5, 5.41) is 9.26. The van der Waals surface area contributed by atoms with Crippen LogP contribution in [0.1, 0.15) is 39.9 Å². The maximum Gasteiger partial charge on any atom is 0.340 e. The standard InChI is InChI=1S/C16H19NO5S/c1-5-12-8-13(7-6-9(12)2)17-23(20,21)15-11(4)22-10(3)14(15)16(18)19/h6-8,17H,5H2,1-4H3,(H,18,19). The number of carbonyl (C=O) groups is 1. The molecular formula is C16H19NO5S. The maximum absolute atomic E-state index is 12.6. The van der Waals surface area contributed by atoms with E-state index in [9.17, 15) is 18.3 Å². The first kappa shape index (κ1) is 17.1. The zero-order valence-corrected chi connectivity index (χ0v) is 14.2. The molecule has 0 amide bonds. The summed E-state index contributed by atoms with van der Waals surface area (Å²) in [7, 11) is -4.06. The summed E-state index contributed by atoms with van der Waals surface area (Å²) in [4.78, 5) is 11.0. The summed E-state index contributed by atoms with van der Waals surface area (Å²) in [6, 6.07) is 5.21. The summed E-state index contributed by atoms with van der Waals surface area (Å²) >= 11 is 0. The first-order chi connectivity index (χ1) is 10.7. The lowest BCUT2D eigenvalue weighted by molar-refractivity contribution is 0.0691. The van der Waals surface area contributed by atoms with Crippen molar-refractivity contribution in [3.8, 4) is 0 Å². The summed E-state index contributed by atoms with van der Waals surface area (Å²) in [6.45, 7) is 6.78. The van der Waals surface area contributed by atoms with Gasteiger partial charge < -0.3 is 9.52 Å². The lowest BCUT2D eigenvalue weighted by Gasteiger charge is -2.11. The average Bonchev–Trinajstić information content (AvgIpc) is 2.76. The molecular weight excluding hydrogens is 318 g/mol. The zero-order chi connectivity index (χ0) is 17.4. The fraction of sp³-hybridized carbons (Fsp3) is 0.312. The first-order valence-electron chi connectivity index (χ1n) is 7.13. The Kier molecular flexibility index (Phi) is 4.51. The minimum atomic E-state index is -4.06. The van der Waals surface area contributed by atoms with Gasteiger partial charge >= 0.3 is 5.97 Å². The molecule has 1 aromatic carbocycles. The van der Waals surface area contributed by atoms with Gasteiger partial charge in [0, 0.05) is 5.69 Å². The predicted octanol–water partition coefficient (Wildman–Crippen LogP) is 3.27. The van der Waals surface area contributed by atoms with Gasteiger partial charge in [-0.1, -0.05) is 13.0 Å². The molecule has 0 saturated carbocycles. The lowest BCUT2D eigenvalue weighted by atomic mass is 10.1. The van der Waals surface area contributed by atoms with Crippen LogP contribution < -0.4 is 4.72 Å². The van der Waals surface area contributed by atoms with Gasteiger partial charge in [0.15, 0.2) is 0 Å². The molecule has 1 aromatic heterocycles. The third-order valence-corrected chi connectivity index (χ3v) is 5.20. The molecule has 7 heteroatoms. The highest BCUT2D eigenvalue weighted by Crippen LogP contribution is 2.29. The van der Waals surface area contributed by atoms with E-state index in [0.29, 0.717) is 5.69 Å². The Balaban J connectivity index is 2.50. The molecule has 0 aliphatic carbocycles. The number of rotatable bonds is 5. The van der Waals surface area contributed by atoms with Crippen molar-refractivity contribution in [3.05, 3.63) is 46.4 Å². The highest BCUT2D eigenvalue weighted by atomic mass is 32.2. The minimum absolute atomic E-state index is 0.0511. The molecule has 2 rings (SSSR count). The normalized spacial score (nSPS) is 11.5. The molecule has 0 saturated heterocycles. The van der Waals surface area contributed by atoms with Crippen LogP contribution in [0, 0.1) is 20.8 Å². The lowest BCUT2D eigenvalue weighted by Crippen LogP contribution is -2.17. The van der Waals surface area contributed by atoms with E-state index >= 15 is 0 Å². The SMILES string of the molecule is CCc1cc(NS(=O)(=O)c2c(C)oc(C)c2C(=O)O)ccc1C. The molecule has 1 heterocycles. The first-order valence-corrected chi connectivity index (χ1v) is 8.61. The quantitative estimate of drug-likeness (QED) is 0.873. The monoisotopic (exact) mass is 337 g/mol. The van der Waals surface area contributed by atoms with E-state index in [4.69, 9.17) is 4.42 Å². The number of anilines is 1. The van der Waals surface area contributed by atoms with Crippen molar-refractivity contribution < 1.29 is 22.7 Å². The van der Waals surface area contributed by atoms with Crippen LogP contribution in [0.3, 0.4) is 0 Å². The Hall–Kier alpha value is -2.28. The fourth-order valence-electron chi connectivity index (χ4n) is 2.56. The maximum atomic E-state index is 12.6.